The quantitative estimate of drug-likeness (QED) is 0.937. The number of amides is 1. The average Bonchev–Trinajstić information content (AvgIpc) is 2.82. The van der Waals surface area contributed by atoms with Crippen LogP contribution in [0.15, 0.2) is 30.3 Å². The molecule has 0 saturated carbocycles. The molecule has 20 heavy (non-hydrogen) atoms. The first-order valence-corrected chi connectivity index (χ1v) is 7.46. The zero-order valence-electron chi connectivity index (χ0n) is 11.1. The lowest BCUT2D eigenvalue weighted by atomic mass is 9.77. The van der Waals surface area contributed by atoms with Crippen LogP contribution in [0.1, 0.15) is 34.4 Å². The van der Waals surface area contributed by atoms with Gasteiger partial charge in [0, 0.05) is 4.88 Å². The number of fused-ring (bicyclic) bond motifs is 1. The monoisotopic (exact) mass is 282 g/mol. The molecule has 3 nitrogen and oxygen atoms in total. The van der Waals surface area contributed by atoms with Crippen molar-refractivity contribution in [2.24, 2.45) is 0 Å². The number of rotatable bonds is 3. The second kappa shape index (κ2) is 5.10. The third-order valence-corrected chi connectivity index (χ3v) is 4.85. The van der Waals surface area contributed by atoms with E-state index in [1.807, 2.05) is 31.2 Å². The average molecular weight is 282 g/mol. The van der Waals surface area contributed by atoms with E-state index in [9.17, 15) is 4.79 Å². The maximum Gasteiger partial charge on any atom is 0.232 e. The highest BCUT2D eigenvalue weighted by molar-refractivity contribution is 7.16. The number of carbonyl (C=O) groups is 1. The number of nitriles is 1. The predicted octanol–water partition coefficient (Wildman–Crippen LogP) is 3.46. The summed E-state index contributed by atoms with van der Waals surface area (Å²) in [6.07, 6.45) is 1.66. The second-order valence-corrected chi connectivity index (χ2v) is 6.00. The Labute approximate surface area is 121 Å². The number of anilines is 1. The van der Waals surface area contributed by atoms with Gasteiger partial charge in [-0.2, -0.15) is 5.26 Å². The van der Waals surface area contributed by atoms with Crippen LogP contribution in [0.3, 0.4) is 0 Å². The van der Waals surface area contributed by atoms with Crippen LogP contribution in [0.2, 0.25) is 0 Å². The van der Waals surface area contributed by atoms with Crippen LogP contribution in [-0.2, 0) is 17.6 Å². The highest BCUT2D eigenvalue weighted by Gasteiger charge is 2.32. The van der Waals surface area contributed by atoms with Crippen molar-refractivity contribution in [1.29, 1.82) is 5.26 Å². The fraction of sp³-hybridized carbons (Fsp3) is 0.250. The minimum Gasteiger partial charge on any atom is -0.316 e. The molecule has 1 heterocycles. The van der Waals surface area contributed by atoms with Crippen molar-refractivity contribution >= 4 is 22.2 Å². The normalized spacial score (nSPS) is 15.9. The molecule has 1 aliphatic carbocycles. The standard InChI is InChI=1S/C16H14N2OS/c1-2-12-7-11(9-17)16(20-12)18-15(19)14-8-10-5-3-4-6-13(10)14/h3-7,14H,2,8H2,1H3,(H,18,19). The number of benzene rings is 1. The molecular weight excluding hydrogens is 268 g/mol. The van der Waals surface area contributed by atoms with E-state index in [0.29, 0.717) is 10.6 Å². The van der Waals surface area contributed by atoms with E-state index >= 15 is 0 Å². The summed E-state index contributed by atoms with van der Waals surface area (Å²) in [5.74, 6) is -0.0883. The lowest BCUT2D eigenvalue weighted by Crippen LogP contribution is -2.30. The van der Waals surface area contributed by atoms with E-state index in [0.717, 1.165) is 23.3 Å². The van der Waals surface area contributed by atoms with Gasteiger partial charge in [-0.05, 0) is 30.0 Å². The third kappa shape index (κ3) is 2.10. The second-order valence-electron chi connectivity index (χ2n) is 4.87. The number of hydrogen-bond donors (Lipinski definition) is 1. The van der Waals surface area contributed by atoms with Crippen molar-refractivity contribution in [2.75, 3.05) is 5.32 Å². The summed E-state index contributed by atoms with van der Waals surface area (Å²) in [5, 5.41) is 12.7. The summed E-state index contributed by atoms with van der Waals surface area (Å²) in [6.45, 7) is 2.04. The third-order valence-electron chi connectivity index (χ3n) is 3.66. The van der Waals surface area contributed by atoms with Gasteiger partial charge in [-0.1, -0.05) is 31.2 Å². The minimum absolute atomic E-state index is 0.00953. The number of hydrogen-bond acceptors (Lipinski definition) is 3. The summed E-state index contributed by atoms with van der Waals surface area (Å²) in [6, 6.07) is 12.0. The number of nitrogens with zero attached hydrogens (tertiary/aromatic N) is 1. The van der Waals surface area contributed by atoms with Gasteiger partial charge in [0.1, 0.15) is 11.1 Å². The smallest absolute Gasteiger partial charge is 0.232 e. The van der Waals surface area contributed by atoms with Crippen molar-refractivity contribution in [3.8, 4) is 6.07 Å². The van der Waals surface area contributed by atoms with Crippen molar-refractivity contribution in [3.05, 3.63) is 51.9 Å². The fourth-order valence-corrected chi connectivity index (χ4v) is 3.43. The Morgan fingerprint density at radius 3 is 3.00 bits per heavy atom. The van der Waals surface area contributed by atoms with Gasteiger partial charge >= 0.3 is 0 Å². The minimum atomic E-state index is -0.0788. The van der Waals surface area contributed by atoms with Gasteiger partial charge in [-0.15, -0.1) is 11.3 Å². The van der Waals surface area contributed by atoms with Crippen LogP contribution in [0.4, 0.5) is 5.00 Å². The molecule has 1 amide bonds. The molecule has 1 aliphatic rings. The summed E-state index contributed by atoms with van der Waals surface area (Å²) >= 11 is 1.49. The Balaban J connectivity index is 1.78. The number of thiophene rings is 1. The molecule has 0 aliphatic heterocycles. The van der Waals surface area contributed by atoms with E-state index in [1.54, 1.807) is 0 Å². The zero-order chi connectivity index (χ0) is 14.1. The van der Waals surface area contributed by atoms with Gasteiger partial charge < -0.3 is 5.32 Å². The highest BCUT2D eigenvalue weighted by atomic mass is 32.1. The van der Waals surface area contributed by atoms with Crippen LogP contribution < -0.4 is 5.32 Å². The Morgan fingerprint density at radius 2 is 2.30 bits per heavy atom. The Kier molecular flexibility index (Phi) is 3.29. The van der Waals surface area contributed by atoms with E-state index in [4.69, 9.17) is 5.26 Å². The molecule has 0 radical (unpaired) electrons. The molecule has 3 rings (SSSR count). The molecule has 1 aromatic heterocycles. The molecule has 0 saturated heterocycles. The molecule has 1 atom stereocenters. The Hall–Kier alpha value is -2.12. The molecule has 1 unspecified atom stereocenters. The van der Waals surface area contributed by atoms with Gasteiger partial charge in [-0.3, -0.25) is 4.79 Å². The van der Waals surface area contributed by atoms with Crippen molar-refractivity contribution in [1.82, 2.24) is 0 Å². The first-order valence-electron chi connectivity index (χ1n) is 6.64. The molecule has 0 fully saturated rings. The first kappa shape index (κ1) is 12.9. The van der Waals surface area contributed by atoms with Crippen LogP contribution in [-0.4, -0.2) is 5.91 Å². The largest absolute Gasteiger partial charge is 0.316 e. The van der Waals surface area contributed by atoms with Crippen molar-refractivity contribution < 1.29 is 4.79 Å². The number of nitrogens with one attached hydrogen (secondary N) is 1. The fourth-order valence-electron chi connectivity index (χ4n) is 2.48. The topological polar surface area (TPSA) is 52.9 Å². The molecule has 1 N–H and O–H groups in total. The molecule has 0 spiro atoms. The Bertz CT molecular complexity index is 712. The van der Waals surface area contributed by atoms with E-state index in [-0.39, 0.29) is 11.8 Å². The maximum atomic E-state index is 12.3. The van der Waals surface area contributed by atoms with E-state index in [2.05, 4.69) is 17.5 Å². The van der Waals surface area contributed by atoms with E-state index in [1.165, 1.54) is 16.9 Å². The lowest BCUT2D eigenvalue weighted by molar-refractivity contribution is -0.118. The molecular formula is C16H14N2OS. The predicted molar refractivity (Wildman–Crippen MR) is 79.9 cm³/mol. The van der Waals surface area contributed by atoms with Crippen molar-refractivity contribution in [2.45, 2.75) is 25.7 Å². The van der Waals surface area contributed by atoms with Crippen LogP contribution in [0, 0.1) is 11.3 Å². The van der Waals surface area contributed by atoms with Crippen LogP contribution in [0.25, 0.3) is 0 Å². The van der Waals surface area contributed by atoms with Gasteiger partial charge in [0.25, 0.3) is 0 Å². The summed E-state index contributed by atoms with van der Waals surface area (Å²) in [5.41, 5.74) is 2.91. The maximum absolute atomic E-state index is 12.3. The first-order chi connectivity index (χ1) is 9.72. The van der Waals surface area contributed by atoms with Gasteiger partial charge in [0.05, 0.1) is 11.5 Å². The SMILES string of the molecule is CCc1cc(C#N)c(NC(=O)C2Cc3ccccc32)s1. The highest BCUT2D eigenvalue weighted by Crippen LogP contribution is 2.37. The zero-order valence-corrected chi connectivity index (χ0v) is 12.0. The number of aryl methyl sites for hydroxylation is 1. The molecule has 4 heteroatoms. The molecule has 2 aromatic rings. The van der Waals surface area contributed by atoms with E-state index < -0.39 is 0 Å². The van der Waals surface area contributed by atoms with Crippen molar-refractivity contribution in [3.63, 3.8) is 0 Å². The Morgan fingerprint density at radius 1 is 1.50 bits per heavy atom. The van der Waals surface area contributed by atoms with Gasteiger partial charge in [0.2, 0.25) is 5.91 Å². The lowest BCUT2D eigenvalue weighted by Gasteiger charge is -2.28. The van der Waals surface area contributed by atoms with Gasteiger partial charge in [0.15, 0.2) is 0 Å². The van der Waals surface area contributed by atoms with Crippen LogP contribution in [0.5, 0.6) is 0 Å². The van der Waals surface area contributed by atoms with Crippen LogP contribution >= 0.6 is 11.3 Å². The molecule has 100 valence electrons. The number of carbonyl (C=O) groups excluding carboxylic acids is 1. The molecule has 1 aromatic carbocycles. The van der Waals surface area contributed by atoms with Gasteiger partial charge in [-0.25, -0.2) is 0 Å². The summed E-state index contributed by atoms with van der Waals surface area (Å²) < 4.78 is 0. The summed E-state index contributed by atoms with van der Waals surface area (Å²) in [4.78, 5) is 13.4. The molecule has 0 bridgehead atoms. The summed E-state index contributed by atoms with van der Waals surface area (Å²) in [7, 11) is 0.